The van der Waals surface area contributed by atoms with Crippen LogP contribution < -0.4 is 15.8 Å². The van der Waals surface area contributed by atoms with Crippen LogP contribution in [0.4, 0.5) is 14.5 Å². The molecule has 4 aromatic rings. The van der Waals surface area contributed by atoms with E-state index in [1.54, 1.807) is 24.1 Å². The SMILES string of the molecule is C=CC(=O)N1CC2(C1)CN(c1c(C(=O)NC)c(=O)n(-c3c(C)ccnc3C(C)C)c3nc(-c4c(O)cccc4F)c(F)cc13)C2. The summed E-state index contributed by atoms with van der Waals surface area (Å²) in [6.07, 6.45) is 2.87. The number of anilines is 1. The first-order valence-corrected chi connectivity index (χ1v) is 14.5. The Kier molecular flexibility index (Phi) is 7.18. The largest absolute Gasteiger partial charge is 0.507 e. The second-order valence-electron chi connectivity index (χ2n) is 12.0. The number of aromatic hydroxyl groups is 1. The van der Waals surface area contributed by atoms with Gasteiger partial charge in [0, 0.05) is 50.2 Å². The van der Waals surface area contributed by atoms with Crippen LogP contribution in [-0.4, -0.2) is 69.6 Å². The number of pyridine rings is 3. The fraction of sp³-hybridized carbons (Fsp3) is 0.303. The van der Waals surface area contributed by atoms with Crippen LogP contribution >= 0.6 is 0 Å². The van der Waals surface area contributed by atoms with E-state index < -0.39 is 40.1 Å². The van der Waals surface area contributed by atoms with Crippen molar-refractivity contribution >= 4 is 28.5 Å². The van der Waals surface area contributed by atoms with E-state index in [9.17, 15) is 19.5 Å². The van der Waals surface area contributed by atoms with Gasteiger partial charge in [0.1, 0.15) is 22.8 Å². The molecule has 0 aliphatic carbocycles. The summed E-state index contributed by atoms with van der Waals surface area (Å²) >= 11 is 0. The average Bonchev–Trinajstić information content (AvgIpc) is 2.96. The number of amides is 2. The summed E-state index contributed by atoms with van der Waals surface area (Å²) in [5.74, 6) is -3.38. The molecule has 2 amide bonds. The first-order valence-electron chi connectivity index (χ1n) is 14.5. The molecule has 2 aliphatic rings. The quantitative estimate of drug-likeness (QED) is 0.315. The Bertz CT molecular complexity index is 1950. The van der Waals surface area contributed by atoms with E-state index in [0.717, 1.165) is 12.1 Å². The zero-order valence-corrected chi connectivity index (χ0v) is 25.3. The van der Waals surface area contributed by atoms with E-state index >= 15 is 8.78 Å². The van der Waals surface area contributed by atoms with Crippen molar-refractivity contribution in [2.45, 2.75) is 26.7 Å². The lowest BCUT2D eigenvalue weighted by molar-refractivity contribution is -0.139. The number of rotatable bonds is 6. The number of benzene rings is 1. The number of hydrogen-bond acceptors (Lipinski definition) is 7. The summed E-state index contributed by atoms with van der Waals surface area (Å²) in [6.45, 7) is 10.9. The number of aryl methyl sites for hydroxylation is 1. The van der Waals surface area contributed by atoms with Gasteiger partial charge in [-0.15, -0.1) is 0 Å². The van der Waals surface area contributed by atoms with Crippen molar-refractivity contribution in [3.05, 3.63) is 88.0 Å². The molecule has 6 rings (SSSR count). The maximum absolute atomic E-state index is 16.1. The van der Waals surface area contributed by atoms with Gasteiger partial charge in [-0.05, 0) is 48.7 Å². The summed E-state index contributed by atoms with van der Waals surface area (Å²) in [5, 5.41) is 13.2. The van der Waals surface area contributed by atoms with Gasteiger partial charge in [0.05, 0.1) is 22.6 Å². The number of hydrogen-bond donors (Lipinski definition) is 2. The summed E-state index contributed by atoms with van der Waals surface area (Å²) in [7, 11) is 1.40. The number of likely N-dealkylation sites (tertiary alicyclic amines) is 1. The normalized spacial score (nSPS) is 15.3. The van der Waals surface area contributed by atoms with Gasteiger partial charge in [0.2, 0.25) is 5.91 Å². The molecule has 2 aliphatic heterocycles. The van der Waals surface area contributed by atoms with Gasteiger partial charge in [-0.25, -0.2) is 13.8 Å². The third-order valence-corrected chi connectivity index (χ3v) is 8.59. The molecule has 2 fully saturated rings. The predicted octanol–water partition coefficient (Wildman–Crippen LogP) is 4.06. The molecule has 45 heavy (non-hydrogen) atoms. The maximum Gasteiger partial charge on any atom is 0.271 e. The maximum atomic E-state index is 16.1. The number of fused-ring (bicyclic) bond motifs is 1. The molecule has 12 heteroatoms. The molecule has 2 N–H and O–H groups in total. The number of carbonyl (C=O) groups excluding carboxylic acids is 2. The summed E-state index contributed by atoms with van der Waals surface area (Å²) in [6, 6.07) is 6.42. The first-order chi connectivity index (χ1) is 21.4. The van der Waals surface area contributed by atoms with E-state index in [0.29, 0.717) is 43.1 Å². The smallest absolute Gasteiger partial charge is 0.271 e. The van der Waals surface area contributed by atoms with Crippen molar-refractivity contribution in [2.75, 3.05) is 38.1 Å². The lowest BCUT2D eigenvalue weighted by Crippen LogP contribution is -2.73. The Morgan fingerprint density at radius 2 is 1.82 bits per heavy atom. The Morgan fingerprint density at radius 3 is 2.44 bits per heavy atom. The zero-order chi connectivity index (χ0) is 32.4. The third kappa shape index (κ3) is 4.63. The van der Waals surface area contributed by atoms with Crippen LogP contribution in [0.5, 0.6) is 5.75 Å². The number of phenolic OH excluding ortho intramolecular Hbond substituents is 1. The standard InChI is InChI=1S/C33H32F2N6O4/c1-6-23(43)39-13-33(14-39)15-40(16-33)29-19-12-21(35)27(24-20(34)8-7-9-22(24)42)38-30(19)41(32(45)25(29)31(44)36-5)28-18(4)10-11-37-26(28)17(2)3/h6-12,17,42H,1,13-16H2,2-5H3,(H,36,44). The summed E-state index contributed by atoms with van der Waals surface area (Å²) in [4.78, 5) is 52.7. The van der Waals surface area contributed by atoms with Gasteiger partial charge >= 0.3 is 0 Å². The van der Waals surface area contributed by atoms with Gasteiger partial charge in [0.25, 0.3) is 11.5 Å². The van der Waals surface area contributed by atoms with Crippen LogP contribution in [0.3, 0.4) is 0 Å². The van der Waals surface area contributed by atoms with Crippen LogP contribution in [0, 0.1) is 24.0 Å². The van der Waals surface area contributed by atoms with Crippen molar-refractivity contribution in [1.82, 2.24) is 24.8 Å². The average molecular weight is 615 g/mol. The van der Waals surface area contributed by atoms with Gasteiger partial charge in [-0.3, -0.25) is 23.9 Å². The highest BCUT2D eigenvalue weighted by Gasteiger charge is 2.54. The molecular weight excluding hydrogens is 582 g/mol. The molecule has 0 radical (unpaired) electrons. The predicted molar refractivity (Wildman–Crippen MR) is 166 cm³/mol. The highest BCUT2D eigenvalue weighted by molar-refractivity contribution is 6.08. The Balaban J connectivity index is 1.67. The molecule has 232 valence electrons. The van der Waals surface area contributed by atoms with Crippen LogP contribution in [0.2, 0.25) is 0 Å². The molecule has 2 saturated heterocycles. The molecule has 0 atom stereocenters. The van der Waals surface area contributed by atoms with Crippen molar-refractivity contribution in [3.63, 3.8) is 0 Å². The molecule has 0 unspecified atom stereocenters. The van der Waals surface area contributed by atoms with Crippen molar-refractivity contribution in [1.29, 1.82) is 0 Å². The fourth-order valence-corrected chi connectivity index (χ4v) is 6.51. The molecule has 0 saturated carbocycles. The van der Waals surface area contributed by atoms with Gasteiger partial charge < -0.3 is 20.2 Å². The first kappa shape index (κ1) is 29.9. The van der Waals surface area contributed by atoms with E-state index in [4.69, 9.17) is 0 Å². The Hall–Kier alpha value is -5.13. The third-order valence-electron chi connectivity index (χ3n) is 8.59. The fourth-order valence-electron chi connectivity index (χ4n) is 6.51. The monoisotopic (exact) mass is 614 g/mol. The number of halogens is 2. The minimum Gasteiger partial charge on any atom is -0.507 e. The minimum atomic E-state index is -0.953. The number of phenols is 1. The van der Waals surface area contributed by atoms with Crippen molar-refractivity contribution in [3.8, 4) is 22.7 Å². The Morgan fingerprint density at radius 1 is 1.11 bits per heavy atom. The number of nitrogens with zero attached hydrogens (tertiary/aromatic N) is 5. The molecule has 10 nitrogen and oxygen atoms in total. The number of nitrogens with one attached hydrogen (secondary N) is 1. The van der Waals surface area contributed by atoms with Crippen molar-refractivity contribution in [2.24, 2.45) is 5.41 Å². The van der Waals surface area contributed by atoms with Crippen molar-refractivity contribution < 1.29 is 23.5 Å². The van der Waals surface area contributed by atoms with Crippen LogP contribution in [0.15, 0.2) is 54.0 Å². The molecule has 1 aromatic carbocycles. The molecule has 1 spiro atoms. The second-order valence-corrected chi connectivity index (χ2v) is 12.0. The molecular formula is C33H32F2N6O4. The number of carbonyl (C=O) groups is 2. The van der Waals surface area contributed by atoms with Crippen LogP contribution in [0.1, 0.15) is 41.4 Å². The highest BCUT2D eigenvalue weighted by atomic mass is 19.1. The van der Waals surface area contributed by atoms with Gasteiger partial charge in [-0.1, -0.05) is 26.5 Å². The Labute approximate surface area is 257 Å². The van der Waals surface area contributed by atoms with E-state index in [-0.39, 0.29) is 39.5 Å². The summed E-state index contributed by atoms with van der Waals surface area (Å²) in [5.41, 5.74) is -0.396. The molecule has 3 aromatic heterocycles. The van der Waals surface area contributed by atoms with Crippen LogP contribution in [0.25, 0.3) is 28.0 Å². The van der Waals surface area contributed by atoms with Crippen LogP contribution in [-0.2, 0) is 4.79 Å². The minimum absolute atomic E-state index is 0.0299. The molecule has 0 bridgehead atoms. The lowest BCUT2D eigenvalue weighted by Gasteiger charge is -2.61. The topological polar surface area (TPSA) is 121 Å². The second kappa shape index (κ2) is 10.8. The lowest BCUT2D eigenvalue weighted by atomic mass is 9.72. The highest BCUT2D eigenvalue weighted by Crippen LogP contribution is 2.45. The van der Waals surface area contributed by atoms with E-state index in [1.165, 1.54) is 29.8 Å². The van der Waals surface area contributed by atoms with E-state index in [2.05, 4.69) is 21.9 Å². The van der Waals surface area contributed by atoms with E-state index in [1.807, 2.05) is 18.7 Å². The van der Waals surface area contributed by atoms with Gasteiger partial charge in [-0.2, -0.15) is 0 Å². The number of aromatic nitrogens is 3. The summed E-state index contributed by atoms with van der Waals surface area (Å²) < 4.78 is 32.3. The molecule has 5 heterocycles. The zero-order valence-electron chi connectivity index (χ0n) is 25.3. The van der Waals surface area contributed by atoms with Gasteiger partial charge in [0.15, 0.2) is 11.5 Å².